The highest BCUT2D eigenvalue weighted by molar-refractivity contribution is 6.91. The van der Waals surface area contributed by atoms with Crippen LogP contribution in [-0.4, -0.2) is 61.7 Å². The number of hydrogen-bond donors (Lipinski definition) is 1. The van der Waals surface area contributed by atoms with Crippen molar-refractivity contribution in [1.29, 1.82) is 0 Å². The van der Waals surface area contributed by atoms with Gasteiger partial charge < -0.3 is 29.1 Å². The van der Waals surface area contributed by atoms with E-state index in [4.69, 9.17) is 25.8 Å². The molecule has 1 saturated heterocycles. The number of nitrogens with zero attached hydrogens (tertiary/aromatic N) is 3. The van der Waals surface area contributed by atoms with Gasteiger partial charge in [-0.3, -0.25) is 19.3 Å². The van der Waals surface area contributed by atoms with Crippen LogP contribution in [0.3, 0.4) is 0 Å². The minimum absolute atomic E-state index is 0.0422. The van der Waals surface area contributed by atoms with Crippen molar-refractivity contribution in [2.45, 2.75) is 69.2 Å². The summed E-state index contributed by atoms with van der Waals surface area (Å²) in [6, 6.07) is 43.7. The largest absolute Gasteiger partial charge is 0.497 e. The number of hydrogen-bond acceptors (Lipinski definition) is 7. The van der Waals surface area contributed by atoms with E-state index in [0.717, 1.165) is 27.6 Å². The first-order valence-corrected chi connectivity index (χ1v) is 25.6. The Hall–Kier alpha value is -6.24. The molecule has 65 heavy (non-hydrogen) atoms. The molecule has 1 fully saturated rings. The van der Waals surface area contributed by atoms with Crippen LogP contribution in [0.2, 0.25) is 23.7 Å². The van der Waals surface area contributed by atoms with Crippen molar-refractivity contribution >= 4 is 59.6 Å². The predicted molar refractivity (Wildman–Crippen MR) is 254 cm³/mol. The highest BCUT2D eigenvalue weighted by Crippen LogP contribution is 2.60. The molecule has 4 heterocycles. The lowest BCUT2D eigenvalue weighted by molar-refractivity contribution is -0.151. The number of halogens is 1. The van der Waals surface area contributed by atoms with Gasteiger partial charge in [-0.15, -0.1) is 0 Å². The minimum Gasteiger partial charge on any atom is -0.497 e. The highest BCUT2D eigenvalue weighted by atomic mass is 35.5. The quantitative estimate of drug-likeness (QED) is 0.144. The summed E-state index contributed by atoms with van der Waals surface area (Å²) in [6.45, 7) is 7.13. The van der Waals surface area contributed by atoms with Crippen LogP contribution in [0.5, 0.6) is 17.2 Å². The van der Waals surface area contributed by atoms with E-state index >= 15 is 4.79 Å². The van der Waals surface area contributed by atoms with Crippen LogP contribution in [0.15, 0.2) is 140 Å². The van der Waals surface area contributed by atoms with E-state index in [1.807, 2.05) is 103 Å². The van der Waals surface area contributed by atoms with E-state index in [1.54, 1.807) is 40.0 Å². The average molecular weight is 905 g/mol. The molecule has 330 valence electrons. The summed E-state index contributed by atoms with van der Waals surface area (Å²) in [4.78, 5) is 49.7. The first-order valence-electron chi connectivity index (χ1n) is 22.1. The number of carbonyl (C=O) groups excluding carboxylic acids is 3. The van der Waals surface area contributed by atoms with E-state index in [9.17, 15) is 14.7 Å². The molecule has 6 aromatic carbocycles. The predicted octanol–water partition coefficient (Wildman–Crippen LogP) is 9.53. The fourth-order valence-electron chi connectivity index (χ4n) is 11.0. The molecule has 0 bridgehead atoms. The van der Waals surface area contributed by atoms with Gasteiger partial charge in [0.25, 0.3) is 11.8 Å². The van der Waals surface area contributed by atoms with Crippen LogP contribution in [0.4, 0.5) is 17.1 Å². The molecular formula is C53H50ClN3O7Si. The number of benzene rings is 6. The monoisotopic (exact) mass is 903 g/mol. The van der Waals surface area contributed by atoms with Gasteiger partial charge in [-0.1, -0.05) is 110 Å². The standard InChI is InChI=1S/C53H50ClN3O7Si/c1-33-50(65(3,4)41-24-22-40(62-2)23-25-41)48(29-49(59)55-31-36-12-6-5-11-35(36)27-39(55)32-58)64-53(33)43-28-37(54)19-26-44(43)56(52(53)61)30-34-17-20-38(21-18-34)57-45-14-8-10-16-47(45)63-46-15-9-7-13-42(46)51(57)60/h5-26,28,33,39,48,50,58H,27,29-32H2,1-4H3/t33-,39+,48+,50-,53+/m1/s1. The Kier molecular flexibility index (Phi) is 10.9. The van der Waals surface area contributed by atoms with Gasteiger partial charge in [-0.05, 0) is 95.4 Å². The number of anilines is 3. The Morgan fingerprint density at radius 3 is 2.28 bits per heavy atom. The van der Waals surface area contributed by atoms with E-state index < -0.39 is 19.8 Å². The normalized spacial score (nSPS) is 22.2. The lowest BCUT2D eigenvalue weighted by Crippen LogP contribution is -2.52. The van der Waals surface area contributed by atoms with Crippen molar-refractivity contribution in [3.63, 3.8) is 0 Å². The summed E-state index contributed by atoms with van der Waals surface area (Å²) in [6.07, 6.45) is -0.0270. The van der Waals surface area contributed by atoms with Crippen LogP contribution in [0, 0.1) is 5.92 Å². The molecule has 4 aliphatic rings. The fourth-order valence-corrected chi connectivity index (χ4v) is 15.2. The van der Waals surface area contributed by atoms with Crippen LogP contribution < -0.4 is 24.5 Å². The van der Waals surface area contributed by atoms with Gasteiger partial charge in [-0.25, -0.2) is 0 Å². The number of carbonyl (C=O) groups is 3. The molecule has 0 unspecified atom stereocenters. The number of ether oxygens (including phenoxy) is 3. The molecule has 0 aliphatic carbocycles. The summed E-state index contributed by atoms with van der Waals surface area (Å²) < 4.78 is 19.1. The Morgan fingerprint density at radius 2 is 1.54 bits per heavy atom. The summed E-state index contributed by atoms with van der Waals surface area (Å²) in [7, 11) is -0.940. The SMILES string of the molecule is COc1ccc([Si](C)(C)[C@H]2[C@H](CC(=O)N3Cc4ccccc4C[C@H]3CO)O[C@@]3(C(=O)N(Cc4ccc(N5C(=O)c6ccccc6Oc6ccccc65)cc4)c4ccc(Cl)cc43)[C@@H]2C)cc1. The molecular weight excluding hydrogens is 854 g/mol. The molecule has 10 nitrogen and oxygen atoms in total. The molecule has 0 radical (unpaired) electrons. The zero-order chi connectivity index (χ0) is 45.2. The zero-order valence-corrected chi connectivity index (χ0v) is 38.5. The van der Waals surface area contributed by atoms with Gasteiger partial charge in [0.15, 0.2) is 11.4 Å². The third-order valence-corrected chi connectivity index (χ3v) is 18.8. The summed E-state index contributed by atoms with van der Waals surface area (Å²) in [5.74, 6) is 0.893. The fraction of sp³-hybridized carbons (Fsp3) is 0.264. The van der Waals surface area contributed by atoms with Crippen molar-refractivity contribution in [2.75, 3.05) is 23.5 Å². The molecule has 5 atom stereocenters. The van der Waals surface area contributed by atoms with E-state index in [0.29, 0.717) is 57.7 Å². The third-order valence-electron chi connectivity index (χ3n) is 14.2. The summed E-state index contributed by atoms with van der Waals surface area (Å²) in [5.41, 5.74) is 4.51. The lowest BCUT2D eigenvalue weighted by Gasteiger charge is -2.39. The Bertz CT molecular complexity index is 2840. The van der Waals surface area contributed by atoms with Gasteiger partial charge in [-0.2, -0.15) is 0 Å². The average Bonchev–Trinajstić information content (AvgIpc) is 3.69. The first-order chi connectivity index (χ1) is 31.4. The Labute approximate surface area is 384 Å². The number of fused-ring (bicyclic) bond motifs is 5. The number of methoxy groups -OCH3 is 1. The molecule has 3 amide bonds. The molecule has 12 heteroatoms. The number of aliphatic hydroxyl groups is 1. The van der Waals surface area contributed by atoms with Gasteiger partial charge in [0.05, 0.1) is 63.8 Å². The molecule has 10 rings (SSSR count). The molecule has 0 aromatic heterocycles. The third kappa shape index (κ3) is 7.12. The number of aliphatic hydroxyl groups excluding tert-OH is 1. The number of amides is 3. The smallest absolute Gasteiger partial charge is 0.266 e. The highest BCUT2D eigenvalue weighted by Gasteiger charge is 2.66. The number of para-hydroxylation sites is 3. The van der Waals surface area contributed by atoms with Gasteiger partial charge in [0.2, 0.25) is 5.91 Å². The van der Waals surface area contributed by atoms with Gasteiger partial charge >= 0.3 is 0 Å². The molecule has 4 aliphatic heterocycles. The van der Waals surface area contributed by atoms with Crippen LogP contribution in [0.1, 0.15) is 46.0 Å². The van der Waals surface area contributed by atoms with Crippen molar-refractivity contribution < 1.29 is 33.7 Å². The second kappa shape index (κ2) is 16.6. The van der Waals surface area contributed by atoms with Crippen LogP contribution in [-0.2, 0) is 39.4 Å². The zero-order valence-electron chi connectivity index (χ0n) is 36.7. The minimum atomic E-state index is -2.59. The van der Waals surface area contributed by atoms with Crippen LogP contribution in [0.25, 0.3) is 0 Å². The summed E-state index contributed by atoms with van der Waals surface area (Å²) >= 11 is 6.80. The Morgan fingerprint density at radius 1 is 0.846 bits per heavy atom. The Balaban J connectivity index is 0.999. The van der Waals surface area contributed by atoms with Crippen LogP contribution >= 0.6 is 11.6 Å². The second-order valence-electron chi connectivity index (χ2n) is 18.1. The number of rotatable bonds is 9. The van der Waals surface area contributed by atoms with Crippen molar-refractivity contribution in [3.8, 4) is 17.2 Å². The molecule has 6 aromatic rings. The topological polar surface area (TPSA) is 109 Å². The van der Waals surface area contributed by atoms with Crippen molar-refractivity contribution in [3.05, 3.63) is 172 Å². The lowest BCUT2D eigenvalue weighted by atomic mass is 9.82. The maximum atomic E-state index is 15.6. The summed E-state index contributed by atoms with van der Waals surface area (Å²) in [5, 5.41) is 12.2. The first kappa shape index (κ1) is 42.7. The maximum absolute atomic E-state index is 15.6. The van der Waals surface area contributed by atoms with Crippen molar-refractivity contribution in [1.82, 2.24) is 4.90 Å². The molecule has 1 spiro atoms. The van der Waals surface area contributed by atoms with E-state index in [-0.39, 0.29) is 54.8 Å². The second-order valence-corrected chi connectivity index (χ2v) is 23.2. The van der Waals surface area contributed by atoms with Crippen molar-refractivity contribution in [2.24, 2.45) is 5.92 Å². The van der Waals surface area contributed by atoms with Gasteiger partial charge in [0, 0.05) is 28.7 Å². The van der Waals surface area contributed by atoms with Gasteiger partial charge in [0.1, 0.15) is 11.5 Å². The molecule has 1 N–H and O–H groups in total. The maximum Gasteiger partial charge on any atom is 0.266 e. The van der Waals surface area contributed by atoms with E-state index in [2.05, 4.69) is 38.2 Å². The molecule has 0 saturated carbocycles. The van der Waals surface area contributed by atoms with E-state index in [1.165, 1.54) is 0 Å².